The number of hydrogen-bond acceptors (Lipinski definition) is 5. The van der Waals surface area contributed by atoms with Crippen LogP contribution in [-0.2, 0) is 26.1 Å². The van der Waals surface area contributed by atoms with Gasteiger partial charge < -0.3 is 14.6 Å². The molecule has 0 heterocycles. The topological polar surface area (TPSA) is 85.2 Å². The van der Waals surface area contributed by atoms with Crippen LogP contribution in [0.5, 0.6) is 5.75 Å². The average Bonchev–Trinajstić information content (AvgIpc) is 2.36. The van der Waals surface area contributed by atoms with Crippen LogP contribution in [0.1, 0.15) is 5.56 Å². The van der Waals surface area contributed by atoms with Crippen LogP contribution >= 0.6 is 0 Å². The quantitative estimate of drug-likeness (QED) is 0.578. The lowest BCUT2D eigenvalue weighted by Crippen LogP contribution is -2.34. The van der Waals surface area contributed by atoms with E-state index in [0.717, 1.165) is 0 Å². The number of aliphatic hydroxyl groups is 1. The van der Waals surface area contributed by atoms with E-state index in [0.29, 0.717) is 11.3 Å². The zero-order chi connectivity index (χ0) is 12.9. The molecule has 0 fully saturated rings. The van der Waals surface area contributed by atoms with Crippen molar-refractivity contribution in [3.8, 4) is 5.75 Å². The van der Waals surface area contributed by atoms with Crippen LogP contribution in [0, 0.1) is 0 Å². The van der Waals surface area contributed by atoms with Crippen LogP contribution in [0.3, 0.4) is 0 Å². The van der Waals surface area contributed by atoms with E-state index in [2.05, 4.69) is 4.18 Å². The third kappa shape index (κ3) is 3.76. The first-order chi connectivity index (χ1) is 8.01. The second-order valence-electron chi connectivity index (χ2n) is 3.20. The van der Waals surface area contributed by atoms with E-state index in [9.17, 15) is 9.32 Å². The summed E-state index contributed by atoms with van der Waals surface area (Å²) >= 11 is -2.46. The van der Waals surface area contributed by atoms with Crippen molar-refractivity contribution in [2.75, 3.05) is 20.8 Å². The number of ether oxygens (including phenoxy) is 2. The number of methoxy groups -OCH3 is 2. The summed E-state index contributed by atoms with van der Waals surface area (Å²) in [6, 6.07) is 6.42. The first kappa shape index (κ1) is 14.1. The zero-order valence-corrected chi connectivity index (χ0v) is 10.3. The fourth-order valence-corrected chi connectivity index (χ4v) is 1.50. The first-order valence-corrected chi connectivity index (χ1v) is 5.71. The van der Waals surface area contributed by atoms with Gasteiger partial charge in [-0.1, -0.05) is 0 Å². The van der Waals surface area contributed by atoms with Gasteiger partial charge in [0.2, 0.25) is 5.79 Å². The van der Waals surface area contributed by atoms with Gasteiger partial charge in [0.25, 0.3) is 0 Å². The van der Waals surface area contributed by atoms with Gasteiger partial charge in [-0.2, -0.15) is 4.21 Å². The molecule has 2 atom stereocenters. The van der Waals surface area contributed by atoms with Crippen molar-refractivity contribution in [1.29, 1.82) is 0 Å². The van der Waals surface area contributed by atoms with Crippen LogP contribution in [-0.4, -0.2) is 34.7 Å². The molecule has 0 spiro atoms. The van der Waals surface area contributed by atoms with Crippen molar-refractivity contribution in [3.63, 3.8) is 0 Å². The molecule has 0 aliphatic rings. The summed E-state index contributed by atoms with van der Waals surface area (Å²) in [5, 5.41) is 10.1. The summed E-state index contributed by atoms with van der Waals surface area (Å²) in [7, 11) is 2.80. The summed E-state index contributed by atoms with van der Waals surface area (Å²) in [6.45, 7) is -0.459. The minimum atomic E-state index is -2.46. The van der Waals surface area contributed by atoms with E-state index in [1.165, 1.54) is 14.2 Å². The molecular formula is C10H14O6S. The summed E-state index contributed by atoms with van der Waals surface area (Å²) in [5.41, 5.74) is 0.395. The highest BCUT2D eigenvalue weighted by Crippen LogP contribution is 2.24. The number of rotatable bonds is 6. The minimum Gasteiger partial charge on any atom is -0.497 e. The lowest BCUT2D eigenvalue weighted by molar-refractivity contribution is -0.211. The molecule has 17 heavy (non-hydrogen) atoms. The fourth-order valence-electron chi connectivity index (χ4n) is 1.24. The van der Waals surface area contributed by atoms with Crippen LogP contribution in [0.15, 0.2) is 24.3 Å². The van der Waals surface area contributed by atoms with Crippen molar-refractivity contribution in [2.24, 2.45) is 0 Å². The molecule has 0 aliphatic carbocycles. The van der Waals surface area contributed by atoms with E-state index in [-0.39, 0.29) is 0 Å². The van der Waals surface area contributed by atoms with Gasteiger partial charge in [0.15, 0.2) is 0 Å². The summed E-state index contributed by atoms with van der Waals surface area (Å²) in [4.78, 5) is 0. The van der Waals surface area contributed by atoms with Crippen LogP contribution in [0.4, 0.5) is 0 Å². The molecule has 2 N–H and O–H groups in total. The maximum Gasteiger partial charge on any atom is 0.302 e. The first-order valence-electron chi connectivity index (χ1n) is 4.68. The van der Waals surface area contributed by atoms with Gasteiger partial charge in [-0.05, 0) is 24.3 Å². The molecular weight excluding hydrogens is 248 g/mol. The van der Waals surface area contributed by atoms with E-state index in [1.807, 2.05) is 0 Å². The molecule has 1 aromatic rings. The lowest BCUT2D eigenvalue weighted by Gasteiger charge is -2.25. The molecule has 7 heteroatoms. The Morgan fingerprint density at radius 3 is 2.29 bits per heavy atom. The Labute approximate surface area is 102 Å². The average molecular weight is 262 g/mol. The van der Waals surface area contributed by atoms with E-state index < -0.39 is 23.8 Å². The third-order valence-electron chi connectivity index (χ3n) is 2.23. The second-order valence-corrected chi connectivity index (χ2v) is 3.87. The molecule has 0 radical (unpaired) electrons. The maximum absolute atomic E-state index is 10.4. The SMILES string of the molecule is COc1ccc(C(O)(COS(=O)O)OC)cc1. The van der Waals surface area contributed by atoms with Crippen LogP contribution in [0.2, 0.25) is 0 Å². The molecule has 96 valence electrons. The van der Waals surface area contributed by atoms with E-state index >= 15 is 0 Å². The van der Waals surface area contributed by atoms with Gasteiger partial charge in [0.05, 0.1) is 7.11 Å². The minimum absolute atomic E-state index is 0.395. The van der Waals surface area contributed by atoms with Crippen molar-refractivity contribution in [2.45, 2.75) is 5.79 Å². The Hall–Kier alpha value is -0.990. The molecule has 0 amide bonds. The molecule has 0 aliphatic heterocycles. The van der Waals surface area contributed by atoms with Crippen LogP contribution < -0.4 is 4.74 Å². The largest absolute Gasteiger partial charge is 0.497 e. The normalized spacial score (nSPS) is 16.2. The highest BCUT2D eigenvalue weighted by Gasteiger charge is 2.30. The van der Waals surface area contributed by atoms with Gasteiger partial charge in [0.1, 0.15) is 12.4 Å². The van der Waals surface area contributed by atoms with Crippen molar-refractivity contribution in [3.05, 3.63) is 29.8 Å². The Morgan fingerprint density at radius 1 is 1.29 bits per heavy atom. The molecule has 0 saturated heterocycles. The molecule has 6 nitrogen and oxygen atoms in total. The maximum atomic E-state index is 10.4. The van der Waals surface area contributed by atoms with Gasteiger partial charge >= 0.3 is 11.4 Å². The highest BCUT2D eigenvalue weighted by molar-refractivity contribution is 7.74. The molecule has 0 aromatic heterocycles. The second kappa shape index (κ2) is 6.08. The standard InChI is InChI=1S/C10H14O6S/c1-14-9-5-3-8(4-6-9)10(11,15-2)7-16-17(12)13/h3-6,11H,7H2,1-2H3,(H,12,13). The Bertz CT molecular complexity index is 379. The molecule has 0 saturated carbocycles. The summed E-state index contributed by atoms with van der Waals surface area (Å²) in [5.74, 6) is -1.15. The Balaban J connectivity index is 2.86. The fraction of sp³-hybridized carbons (Fsp3) is 0.400. The number of hydrogen-bond donors (Lipinski definition) is 2. The monoisotopic (exact) mass is 262 g/mol. The lowest BCUT2D eigenvalue weighted by atomic mass is 10.1. The van der Waals surface area contributed by atoms with Crippen molar-refractivity contribution < 1.29 is 27.5 Å². The zero-order valence-electron chi connectivity index (χ0n) is 9.45. The predicted molar refractivity (Wildman–Crippen MR) is 60.6 cm³/mol. The summed E-state index contributed by atoms with van der Waals surface area (Å²) in [6.07, 6.45) is 0. The molecule has 1 rings (SSSR count). The molecule has 2 unspecified atom stereocenters. The molecule has 0 bridgehead atoms. The smallest absolute Gasteiger partial charge is 0.302 e. The van der Waals surface area contributed by atoms with Crippen molar-refractivity contribution in [1.82, 2.24) is 0 Å². The van der Waals surface area contributed by atoms with Gasteiger partial charge in [-0.15, -0.1) is 0 Å². The number of benzene rings is 1. The highest BCUT2D eigenvalue weighted by atomic mass is 32.2. The Morgan fingerprint density at radius 2 is 1.88 bits per heavy atom. The summed E-state index contributed by atoms with van der Waals surface area (Å²) < 4.78 is 33.2. The third-order valence-corrected chi connectivity index (χ3v) is 2.55. The van der Waals surface area contributed by atoms with E-state index in [4.69, 9.17) is 14.0 Å². The van der Waals surface area contributed by atoms with Gasteiger partial charge in [-0.25, -0.2) is 0 Å². The van der Waals surface area contributed by atoms with Gasteiger partial charge in [-0.3, -0.25) is 8.74 Å². The van der Waals surface area contributed by atoms with E-state index in [1.54, 1.807) is 24.3 Å². The Kier molecular flexibility index (Phi) is 5.03. The van der Waals surface area contributed by atoms with Crippen molar-refractivity contribution >= 4 is 11.4 Å². The van der Waals surface area contributed by atoms with Gasteiger partial charge in [0, 0.05) is 12.7 Å². The van der Waals surface area contributed by atoms with Crippen LogP contribution in [0.25, 0.3) is 0 Å². The predicted octanol–water partition coefficient (Wildman–Crippen LogP) is 0.640. The molecule has 1 aromatic carbocycles.